The van der Waals surface area contributed by atoms with Crippen molar-refractivity contribution in [3.05, 3.63) is 45.8 Å². The summed E-state index contributed by atoms with van der Waals surface area (Å²) in [5.41, 5.74) is 0.919. The minimum absolute atomic E-state index is 0.118. The molecule has 1 unspecified atom stereocenters. The normalized spacial score (nSPS) is 16.5. The molecule has 0 bridgehead atoms. The number of fused-ring (bicyclic) bond motifs is 1. The lowest BCUT2D eigenvalue weighted by atomic mass is 9.96. The van der Waals surface area contributed by atoms with Crippen molar-refractivity contribution in [1.82, 2.24) is 9.62 Å². The molecule has 1 atom stereocenters. The topological polar surface area (TPSA) is 75.7 Å². The summed E-state index contributed by atoms with van der Waals surface area (Å²) in [7, 11) is -3.47. The fourth-order valence-electron chi connectivity index (χ4n) is 3.13. The Hall–Kier alpha value is -1.61. The molecule has 1 aromatic heterocycles. The van der Waals surface area contributed by atoms with Gasteiger partial charge in [0.05, 0.1) is 12.5 Å². The third kappa shape index (κ3) is 4.51. The number of amides is 1. The summed E-state index contributed by atoms with van der Waals surface area (Å²) in [5, 5.41) is 3.50. The van der Waals surface area contributed by atoms with Crippen molar-refractivity contribution >= 4 is 38.9 Å². The molecular weight excluding hydrogens is 420 g/mol. The molecule has 28 heavy (non-hydrogen) atoms. The molecule has 0 spiro atoms. The number of nitrogens with one attached hydrogen (secondary N) is 1. The summed E-state index contributed by atoms with van der Waals surface area (Å²) in [4.78, 5) is 13.3. The molecule has 0 saturated heterocycles. The van der Waals surface area contributed by atoms with Gasteiger partial charge in [-0.1, -0.05) is 25.4 Å². The lowest BCUT2D eigenvalue weighted by Crippen LogP contribution is -2.36. The zero-order valence-electron chi connectivity index (χ0n) is 15.8. The highest BCUT2D eigenvalue weighted by atomic mass is 35.5. The standard InChI is InChI=1S/C19H23ClN2O4S2/c1-3-22(4-2)28(24,25)18-8-6-16(27-18)11-21-19(23)14-9-13-10-15(20)5-7-17(13)26-12-14/h5-8,10,14H,3-4,9,11-12H2,1-2H3,(H,21,23). The van der Waals surface area contributed by atoms with E-state index in [2.05, 4.69) is 5.32 Å². The van der Waals surface area contributed by atoms with Gasteiger partial charge in [0.1, 0.15) is 16.6 Å². The van der Waals surface area contributed by atoms with E-state index < -0.39 is 10.0 Å². The number of rotatable bonds is 7. The largest absolute Gasteiger partial charge is 0.492 e. The summed E-state index contributed by atoms with van der Waals surface area (Å²) in [5.74, 6) is 0.343. The first-order chi connectivity index (χ1) is 13.3. The van der Waals surface area contributed by atoms with Gasteiger partial charge in [0, 0.05) is 23.0 Å². The molecule has 0 fully saturated rings. The quantitative estimate of drug-likeness (QED) is 0.713. The molecule has 0 radical (unpaired) electrons. The van der Waals surface area contributed by atoms with Crippen LogP contribution in [0.5, 0.6) is 5.75 Å². The van der Waals surface area contributed by atoms with Crippen molar-refractivity contribution in [1.29, 1.82) is 0 Å². The Labute approximate surface area is 174 Å². The number of hydrogen-bond acceptors (Lipinski definition) is 5. The van der Waals surface area contributed by atoms with Crippen molar-refractivity contribution in [2.75, 3.05) is 19.7 Å². The van der Waals surface area contributed by atoms with Crippen molar-refractivity contribution < 1.29 is 17.9 Å². The fraction of sp³-hybridized carbons (Fsp3) is 0.421. The number of nitrogens with zero attached hydrogens (tertiary/aromatic N) is 1. The maximum atomic E-state index is 12.6. The minimum atomic E-state index is -3.47. The third-order valence-corrected chi connectivity index (χ3v) is 8.51. The van der Waals surface area contributed by atoms with E-state index in [0.717, 1.165) is 16.2 Å². The van der Waals surface area contributed by atoms with Crippen molar-refractivity contribution in [2.24, 2.45) is 5.92 Å². The molecule has 2 heterocycles. The van der Waals surface area contributed by atoms with Gasteiger partial charge < -0.3 is 10.1 Å². The molecule has 1 aliphatic heterocycles. The first-order valence-corrected chi connectivity index (χ1v) is 11.8. The van der Waals surface area contributed by atoms with Gasteiger partial charge in [-0.25, -0.2) is 8.42 Å². The molecule has 0 saturated carbocycles. The molecule has 6 nitrogen and oxygen atoms in total. The van der Waals surface area contributed by atoms with Crippen LogP contribution in [0, 0.1) is 5.92 Å². The van der Waals surface area contributed by atoms with E-state index in [0.29, 0.717) is 35.3 Å². The number of halogens is 1. The minimum Gasteiger partial charge on any atom is -0.492 e. The third-order valence-electron chi connectivity index (χ3n) is 4.67. The van der Waals surface area contributed by atoms with Crippen molar-refractivity contribution in [3.63, 3.8) is 0 Å². The Morgan fingerprint density at radius 2 is 2.04 bits per heavy atom. The maximum absolute atomic E-state index is 12.6. The molecule has 9 heteroatoms. The number of thiophene rings is 1. The van der Waals surface area contributed by atoms with Gasteiger partial charge in [-0.05, 0) is 42.3 Å². The van der Waals surface area contributed by atoms with Gasteiger partial charge in [0.15, 0.2) is 0 Å². The molecule has 3 rings (SSSR count). The lowest BCUT2D eigenvalue weighted by Gasteiger charge is -2.24. The van der Waals surface area contributed by atoms with Gasteiger partial charge in [0.2, 0.25) is 5.91 Å². The Balaban J connectivity index is 1.61. The zero-order valence-corrected chi connectivity index (χ0v) is 18.2. The Morgan fingerprint density at radius 3 is 2.75 bits per heavy atom. The second-order valence-corrected chi connectivity index (χ2v) is 10.3. The van der Waals surface area contributed by atoms with Crippen molar-refractivity contribution in [2.45, 2.75) is 31.0 Å². The average Bonchev–Trinajstić information content (AvgIpc) is 3.16. The van der Waals surface area contributed by atoms with Gasteiger partial charge >= 0.3 is 0 Å². The Morgan fingerprint density at radius 1 is 1.29 bits per heavy atom. The lowest BCUT2D eigenvalue weighted by molar-refractivity contribution is -0.126. The number of hydrogen-bond donors (Lipinski definition) is 1. The SMILES string of the molecule is CCN(CC)S(=O)(=O)c1ccc(CNC(=O)C2COc3ccc(Cl)cc3C2)s1. The molecule has 0 aliphatic carbocycles. The summed E-state index contributed by atoms with van der Waals surface area (Å²) < 4.78 is 32.5. The van der Waals surface area contributed by atoms with E-state index in [1.807, 2.05) is 26.0 Å². The summed E-state index contributed by atoms with van der Waals surface area (Å²) in [6, 6.07) is 8.74. The molecule has 1 aromatic carbocycles. The van der Waals surface area contributed by atoms with E-state index in [-0.39, 0.29) is 18.4 Å². The predicted octanol–water partition coefficient (Wildman–Crippen LogP) is 3.30. The maximum Gasteiger partial charge on any atom is 0.252 e. The fourth-order valence-corrected chi connectivity index (χ4v) is 6.24. The smallest absolute Gasteiger partial charge is 0.252 e. The number of carbonyl (C=O) groups excluding carboxylic acids is 1. The number of carbonyl (C=O) groups is 1. The summed E-state index contributed by atoms with van der Waals surface area (Å²) in [6.07, 6.45) is 0.563. The number of benzene rings is 1. The second-order valence-electron chi connectivity index (χ2n) is 6.49. The van der Waals surface area contributed by atoms with Crippen LogP contribution in [-0.2, 0) is 27.8 Å². The van der Waals surface area contributed by atoms with E-state index >= 15 is 0 Å². The van der Waals surface area contributed by atoms with Gasteiger partial charge in [0.25, 0.3) is 10.0 Å². The average molecular weight is 443 g/mol. The van der Waals surface area contributed by atoms with E-state index in [1.165, 1.54) is 15.6 Å². The van der Waals surface area contributed by atoms with Crippen molar-refractivity contribution in [3.8, 4) is 5.75 Å². The van der Waals surface area contributed by atoms with Gasteiger partial charge in [-0.15, -0.1) is 11.3 Å². The van der Waals surface area contributed by atoms with Crippen LogP contribution in [0.4, 0.5) is 0 Å². The number of ether oxygens (including phenoxy) is 1. The first-order valence-electron chi connectivity index (χ1n) is 9.13. The highest BCUT2D eigenvalue weighted by Gasteiger charge is 2.27. The summed E-state index contributed by atoms with van der Waals surface area (Å²) in [6.45, 7) is 5.08. The Bertz CT molecular complexity index is 955. The molecule has 1 N–H and O–H groups in total. The Kier molecular flexibility index (Phi) is 6.65. The van der Waals surface area contributed by atoms with Crippen LogP contribution in [0.15, 0.2) is 34.5 Å². The van der Waals surface area contributed by atoms with Gasteiger partial charge in [-0.3, -0.25) is 4.79 Å². The van der Waals surface area contributed by atoms with Gasteiger partial charge in [-0.2, -0.15) is 4.31 Å². The van der Waals surface area contributed by atoms with E-state index in [9.17, 15) is 13.2 Å². The molecule has 1 amide bonds. The zero-order chi connectivity index (χ0) is 20.3. The van der Waals surface area contributed by atoms with Crippen LogP contribution >= 0.6 is 22.9 Å². The van der Waals surface area contributed by atoms with Crippen LogP contribution in [0.1, 0.15) is 24.3 Å². The highest BCUT2D eigenvalue weighted by Crippen LogP contribution is 2.30. The highest BCUT2D eigenvalue weighted by molar-refractivity contribution is 7.91. The summed E-state index contributed by atoms with van der Waals surface area (Å²) >= 11 is 7.21. The molecule has 152 valence electrons. The van der Waals surface area contributed by atoms with Crippen LogP contribution < -0.4 is 10.1 Å². The number of sulfonamides is 1. The second kappa shape index (κ2) is 8.82. The van der Waals surface area contributed by atoms with Crippen LogP contribution in [-0.4, -0.2) is 38.3 Å². The van der Waals surface area contributed by atoms with Crippen LogP contribution in [0.2, 0.25) is 5.02 Å². The predicted molar refractivity (Wildman–Crippen MR) is 110 cm³/mol. The van der Waals surface area contributed by atoms with E-state index in [4.69, 9.17) is 16.3 Å². The molecular formula is C19H23ClN2O4S2. The van der Waals surface area contributed by atoms with Crippen LogP contribution in [0.25, 0.3) is 0 Å². The van der Waals surface area contributed by atoms with E-state index in [1.54, 1.807) is 18.2 Å². The first kappa shape index (κ1) is 21.1. The monoisotopic (exact) mass is 442 g/mol. The van der Waals surface area contributed by atoms with Crippen LogP contribution in [0.3, 0.4) is 0 Å². The molecule has 2 aromatic rings. The molecule has 1 aliphatic rings.